The van der Waals surface area contributed by atoms with Crippen LogP contribution in [0.1, 0.15) is 30.5 Å². The van der Waals surface area contributed by atoms with E-state index in [1.165, 1.54) is 11.8 Å². The summed E-state index contributed by atoms with van der Waals surface area (Å²) in [6.07, 6.45) is 1.93. The molecule has 0 aliphatic rings. The van der Waals surface area contributed by atoms with E-state index in [2.05, 4.69) is 5.32 Å². The molecule has 25 heavy (non-hydrogen) atoms. The fourth-order valence-electron chi connectivity index (χ4n) is 2.44. The molecular weight excluding hydrogens is 354 g/mol. The number of amides is 1. The van der Waals surface area contributed by atoms with E-state index in [0.717, 1.165) is 17.7 Å². The van der Waals surface area contributed by atoms with Gasteiger partial charge < -0.3 is 5.32 Å². The van der Waals surface area contributed by atoms with Gasteiger partial charge in [0, 0.05) is 12.0 Å². The zero-order chi connectivity index (χ0) is 18.3. The SMILES string of the molecule is CC[C@H](NC(=O)CSCc1ccccc1)c1ccc(S(C)(=O)=O)cc1. The molecule has 0 spiro atoms. The summed E-state index contributed by atoms with van der Waals surface area (Å²) in [6, 6.07) is 16.6. The second-order valence-electron chi connectivity index (χ2n) is 5.85. The maximum atomic E-state index is 12.2. The summed E-state index contributed by atoms with van der Waals surface area (Å²) in [4.78, 5) is 12.5. The quantitative estimate of drug-likeness (QED) is 0.764. The first-order chi connectivity index (χ1) is 11.9. The minimum absolute atomic E-state index is 0.0139. The number of sulfone groups is 1. The standard InChI is InChI=1S/C19H23NO3S2/c1-3-18(16-9-11-17(12-10-16)25(2,22)23)20-19(21)14-24-13-15-7-5-4-6-8-15/h4-12,18H,3,13-14H2,1-2H3,(H,20,21)/t18-/m0/s1. The number of hydrogen-bond acceptors (Lipinski definition) is 4. The van der Waals surface area contributed by atoms with Gasteiger partial charge in [0.15, 0.2) is 9.84 Å². The predicted molar refractivity (Wildman–Crippen MR) is 103 cm³/mol. The highest BCUT2D eigenvalue weighted by atomic mass is 32.2. The lowest BCUT2D eigenvalue weighted by Gasteiger charge is -2.17. The van der Waals surface area contributed by atoms with Crippen molar-refractivity contribution >= 4 is 27.5 Å². The lowest BCUT2D eigenvalue weighted by atomic mass is 10.0. The van der Waals surface area contributed by atoms with Gasteiger partial charge in [-0.05, 0) is 29.7 Å². The van der Waals surface area contributed by atoms with E-state index >= 15 is 0 Å². The van der Waals surface area contributed by atoms with Gasteiger partial charge in [0.05, 0.1) is 16.7 Å². The first-order valence-electron chi connectivity index (χ1n) is 8.11. The zero-order valence-corrected chi connectivity index (χ0v) is 16.1. The smallest absolute Gasteiger partial charge is 0.230 e. The normalized spacial score (nSPS) is 12.6. The number of thioether (sulfide) groups is 1. The number of carbonyl (C=O) groups is 1. The van der Waals surface area contributed by atoms with E-state index in [1.807, 2.05) is 37.3 Å². The molecule has 2 aromatic rings. The molecule has 2 rings (SSSR count). The molecule has 0 aliphatic carbocycles. The van der Waals surface area contributed by atoms with Gasteiger partial charge in [-0.3, -0.25) is 4.79 Å². The third kappa shape index (κ3) is 6.21. The van der Waals surface area contributed by atoms with Crippen LogP contribution in [0.2, 0.25) is 0 Å². The van der Waals surface area contributed by atoms with Gasteiger partial charge in [-0.2, -0.15) is 0 Å². The summed E-state index contributed by atoms with van der Waals surface area (Å²) in [5.74, 6) is 1.18. The monoisotopic (exact) mass is 377 g/mol. The number of nitrogens with one attached hydrogen (secondary N) is 1. The summed E-state index contributed by atoms with van der Waals surface area (Å²) < 4.78 is 23.0. The Kier molecular flexibility index (Phi) is 7.08. The van der Waals surface area contributed by atoms with Gasteiger partial charge in [0.1, 0.15) is 0 Å². The Balaban J connectivity index is 1.89. The van der Waals surface area contributed by atoms with Crippen LogP contribution in [0.5, 0.6) is 0 Å². The van der Waals surface area contributed by atoms with Crippen molar-refractivity contribution in [2.45, 2.75) is 30.0 Å². The van der Waals surface area contributed by atoms with Crippen molar-refractivity contribution in [2.75, 3.05) is 12.0 Å². The summed E-state index contributed by atoms with van der Waals surface area (Å²) in [6.45, 7) is 1.99. The molecule has 0 aromatic heterocycles. The molecular formula is C19H23NO3S2. The van der Waals surface area contributed by atoms with E-state index in [9.17, 15) is 13.2 Å². The summed E-state index contributed by atoms with van der Waals surface area (Å²) in [5.41, 5.74) is 2.11. The Bertz CT molecular complexity index is 787. The van der Waals surface area contributed by atoms with Gasteiger partial charge in [0.2, 0.25) is 5.91 Å². The Labute approximate surface area is 154 Å². The Morgan fingerprint density at radius 2 is 1.72 bits per heavy atom. The largest absolute Gasteiger partial charge is 0.349 e. The van der Waals surface area contributed by atoms with E-state index in [0.29, 0.717) is 5.75 Å². The van der Waals surface area contributed by atoms with Crippen LogP contribution in [0.25, 0.3) is 0 Å². The highest BCUT2D eigenvalue weighted by molar-refractivity contribution is 7.99. The molecule has 0 saturated heterocycles. The summed E-state index contributed by atoms with van der Waals surface area (Å²) >= 11 is 1.58. The maximum absolute atomic E-state index is 12.2. The first-order valence-corrected chi connectivity index (χ1v) is 11.2. The molecule has 4 nitrogen and oxygen atoms in total. The van der Waals surface area contributed by atoms with Crippen LogP contribution in [0.3, 0.4) is 0 Å². The molecule has 1 N–H and O–H groups in total. The lowest BCUT2D eigenvalue weighted by Crippen LogP contribution is -2.29. The van der Waals surface area contributed by atoms with Gasteiger partial charge in [0.25, 0.3) is 0 Å². The number of rotatable bonds is 8. The van der Waals surface area contributed by atoms with Crippen molar-refractivity contribution in [2.24, 2.45) is 0 Å². The van der Waals surface area contributed by atoms with Crippen molar-refractivity contribution in [3.05, 3.63) is 65.7 Å². The molecule has 0 aliphatic heterocycles. The topological polar surface area (TPSA) is 63.2 Å². The van der Waals surface area contributed by atoms with Crippen LogP contribution < -0.4 is 5.32 Å². The number of benzene rings is 2. The predicted octanol–water partition coefficient (Wildman–Crippen LogP) is 3.59. The first kappa shape index (κ1) is 19.5. The van der Waals surface area contributed by atoms with Crippen LogP contribution in [-0.2, 0) is 20.4 Å². The van der Waals surface area contributed by atoms with Crippen LogP contribution in [0.4, 0.5) is 0 Å². The van der Waals surface area contributed by atoms with E-state index in [-0.39, 0.29) is 16.8 Å². The highest BCUT2D eigenvalue weighted by Crippen LogP contribution is 2.20. The molecule has 0 fully saturated rings. The minimum Gasteiger partial charge on any atom is -0.349 e. The Morgan fingerprint density at radius 1 is 1.08 bits per heavy atom. The van der Waals surface area contributed by atoms with Crippen molar-refractivity contribution in [1.29, 1.82) is 0 Å². The third-order valence-electron chi connectivity index (χ3n) is 3.80. The Hall–Kier alpha value is -1.79. The van der Waals surface area contributed by atoms with Crippen molar-refractivity contribution in [3.8, 4) is 0 Å². The van der Waals surface area contributed by atoms with Crippen LogP contribution in [0.15, 0.2) is 59.5 Å². The van der Waals surface area contributed by atoms with Crippen LogP contribution in [-0.4, -0.2) is 26.3 Å². The average Bonchev–Trinajstić information content (AvgIpc) is 2.60. The fraction of sp³-hybridized carbons (Fsp3) is 0.316. The Morgan fingerprint density at radius 3 is 2.28 bits per heavy atom. The maximum Gasteiger partial charge on any atom is 0.230 e. The highest BCUT2D eigenvalue weighted by Gasteiger charge is 2.14. The molecule has 0 radical (unpaired) electrons. The third-order valence-corrected chi connectivity index (χ3v) is 5.93. The van der Waals surface area contributed by atoms with Crippen LogP contribution in [0, 0.1) is 0 Å². The molecule has 134 valence electrons. The van der Waals surface area contributed by atoms with E-state index in [1.54, 1.807) is 36.0 Å². The molecule has 1 atom stereocenters. The fourth-order valence-corrected chi connectivity index (χ4v) is 3.87. The number of carbonyl (C=O) groups excluding carboxylic acids is 1. The van der Waals surface area contributed by atoms with E-state index < -0.39 is 9.84 Å². The van der Waals surface area contributed by atoms with Crippen LogP contribution >= 0.6 is 11.8 Å². The van der Waals surface area contributed by atoms with Crippen molar-refractivity contribution < 1.29 is 13.2 Å². The minimum atomic E-state index is -3.20. The van der Waals surface area contributed by atoms with Crippen molar-refractivity contribution in [1.82, 2.24) is 5.32 Å². The van der Waals surface area contributed by atoms with Crippen molar-refractivity contribution in [3.63, 3.8) is 0 Å². The zero-order valence-electron chi connectivity index (χ0n) is 14.4. The van der Waals surface area contributed by atoms with E-state index in [4.69, 9.17) is 0 Å². The van der Waals surface area contributed by atoms with Gasteiger partial charge in [-0.15, -0.1) is 11.8 Å². The molecule has 2 aromatic carbocycles. The second kappa shape index (κ2) is 9.06. The average molecular weight is 378 g/mol. The lowest BCUT2D eigenvalue weighted by molar-refractivity contribution is -0.119. The molecule has 0 saturated carbocycles. The molecule has 0 heterocycles. The van der Waals surface area contributed by atoms with Gasteiger partial charge >= 0.3 is 0 Å². The molecule has 0 bridgehead atoms. The molecule has 6 heteroatoms. The number of hydrogen-bond donors (Lipinski definition) is 1. The second-order valence-corrected chi connectivity index (χ2v) is 8.85. The summed E-state index contributed by atoms with van der Waals surface area (Å²) in [7, 11) is -3.20. The van der Waals surface area contributed by atoms with Gasteiger partial charge in [-0.1, -0.05) is 49.4 Å². The molecule has 0 unspecified atom stereocenters. The summed E-state index contributed by atoms with van der Waals surface area (Å²) in [5, 5.41) is 3.02. The molecule has 1 amide bonds. The van der Waals surface area contributed by atoms with Gasteiger partial charge in [-0.25, -0.2) is 8.42 Å².